The number of anilines is 1. The topological polar surface area (TPSA) is 111 Å². The van der Waals surface area contributed by atoms with Crippen LogP contribution in [-0.2, 0) is 14.3 Å². The summed E-state index contributed by atoms with van der Waals surface area (Å²) >= 11 is 0. The Labute approximate surface area is 157 Å². The maximum Gasteiger partial charge on any atom is 0.410 e. The average Bonchev–Trinajstić information content (AvgIpc) is 2.60. The van der Waals surface area contributed by atoms with Crippen molar-refractivity contribution in [2.75, 3.05) is 25.5 Å². The number of likely N-dealkylation sites (tertiary alicyclic amines) is 1. The first kappa shape index (κ1) is 20.5. The lowest BCUT2D eigenvalue weighted by Gasteiger charge is -2.40. The summed E-state index contributed by atoms with van der Waals surface area (Å²) in [6.45, 7) is 5.96. The van der Waals surface area contributed by atoms with E-state index in [0.29, 0.717) is 31.6 Å². The molecule has 1 aliphatic rings. The SMILES string of the molecule is COC(=O)C1(Nc2cccc([N+](=O)[O-])c2)CCN(C(=O)OC(C)(C)C)CC1. The molecule has 0 saturated carbocycles. The van der Waals surface area contributed by atoms with Crippen molar-refractivity contribution in [2.24, 2.45) is 0 Å². The van der Waals surface area contributed by atoms with E-state index >= 15 is 0 Å². The molecule has 0 radical (unpaired) electrons. The molecule has 0 spiro atoms. The molecule has 1 aromatic carbocycles. The molecule has 1 N–H and O–H groups in total. The van der Waals surface area contributed by atoms with Crippen molar-refractivity contribution in [3.8, 4) is 0 Å². The number of nitrogens with one attached hydrogen (secondary N) is 1. The van der Waals surface area contributed by atoms with E-state index in [1.807, 2.05) is 0 Å². The van der Waals surface area contributed by atoms with Gasteiger partial charge in [0, 0.05) is 30.9 Å². The van der Waals surface area contributed by atoms with E-state index in [-0.39, 0.29) is 5.69 Å². The molecule has 1 heterocycles. The molecule has 1 aromatic rings. The van der Waals surface area contributed by atoms with E-state index in [9.17, 15) is 19.7 Å². The van der Waals surface area contributed by atoms with Gasteiger partial charge in [0.1, 0.15) is 11.1 Å². The number of nitrogens with zero attached hydrogens (tertiary/aromatic N) is 2. The van der Waals surface area contributed by atoms with Gasteiger partial charge in [-0.1, -0.05) is 6.07 Å². The first-order valence-corrected chi connectivity index (χ1v) is 8.65. The predicted octanol–water partition coefficient (Wildman–Crippen LogP) is 2.95. The number of hydrogen-bond donors (Lipinski definition) is 1. The van der Waals surface area contributed by atoms with Crippen LogP contribution < -0.4 is 5.32 Å². The first-order valence-electron chi connectivity index (χ1n) is 8.65. The Hall–Kier alpha value is -2.84. The minimum Gasteiger partial charge on any atom is -0.467 e. The number of non-ortho nitro benzene ring substituents is 1. The molecule has 0 aromatic heterocycles. The maximum absolute atomic E-state index is 12.5. The summed E-state index contributed by atoms with van der Waals surface area (Å²) in [5.74, 6) is -0.474. The fourth-order valence-electron chi connectivity index (χ4n) is 2.95. The highest BCUT2D eigenvalue weighted by Crippen LogP contribution is 2.30. The Morgan fingerprint density at radius 1 is 1.26 bits per heavy atom. The van der Waals surface area contributed by atoms with E-state index < -0.39 is 28.1 Å². The lowest BCUT2D eigenvalue weighted by molar-refractivity contribution is -0.384. The van der Waals surface area contributed by atoms with Crippen LogP contribution in [0.2, 0.25) is 0 Å². The molecule has 0 atom stereocenters. The zero-order chi connectivity index (χ0) is 20.2. The second-order valence-corrected chi connectivity index (χ2v) is 7.47. The van der Waals surface area contributed by atoms with Gasteiger partial charge >= 0.3 is 12.1 Å². The number of carbonyl (C=O) groups is 2. The van der Waals surface area contributed by atoms with Gasteiger partial charge in [0.25, 0.3) is 5.69 Å². The van der Waals surface area contributed by atoms with Crippen molar-refractivity contribution < 1.29 is 24.0 Å². The molecule has 0 aliphatic carbocycles. The van der Waals surface area contributed by atoms with E-state index in [1.165, 1.54) is 19.2 Å². The van der Waals surface area contributed by atoms with Crippen LogP contribution in [0.1, 0.15) is 33.6 Å². The highest BCUT2D eigenvalue weighted by Gasteiger charge is 2.44. The molecule has 1 fully saturated rings. The molecule has 0 unspecified atom stereocenters. The summed E-state index contributed by atoms with van der Waals surface area (Å²) in [7, 11) is 1.29. The summed E-state index contributed by atoms with van der Waals surface area (Å²) in [5, 5.41) is 14.1. The maximum atomic E-state index is 12.5. The van der Waals surface area contributed by atoms with Crippen molar-refractivity contribution in [1.82, 2.24) is 4.90 Å². The fourth-order valence-corrected chi connectivity index (χ4v) is 2.95. The Balaban J connectivity index is 2.15. The minimum absolute atomic E-state index is 0.0776. The zero-order valence-corrected chi connectivity index (χ0v) is 16.0. The van der Waals surface area contributed by atoms with Crippen LogP contribution in [0.3, 0.4) is 0 Å². The molecule has 1 saturated heterocycles. The molecular weight excluding hydrogens is 354 g/mol. The number of benzene rings is 1. The zero-order valence-electron chi connectivity index (χ0n) is 16.0. The Kier molecular flexibility index (Phi) is 5.92. The number of methoxy groups -OCH3 is 1. The van der Waals surface area contributed by atoms with Gasteiger partial charge in [0.05, 0.1) is 12.0 Å². The van der Waals surface area contributed by atoms with E-state index in [2.05, 4.69) is 5.32 Å². The Morgan fingerprint density at radius 2 is 1.89 bits per heavy atom. The Morgan fingerprint density at radius 3 is 2.41 bits per heavy atom. The molecule has 148 valence electrons. The monoisotopic (exact) mass is 379 g/mol. The lowest BCUT2D eigenvalue weighted by atomic mass is 9.87. The summed E-state index contributed by atoms with van der Waals surface area (Å²) in [5.41, 5.74) is -1.30. The number of ether oxygens (including phenoxy) is 2. The van der Waals surface area contributed by atoms with E-state index in [4.69, 9.17) is 9.47 Å². The van der Waals surface area contributed by atoms with E-state index in [1.54, 1.807) is 37.8 Å². The standard InChI is InChI=1S/C18H25N3O6/c1-17(2,3)27-16(23)20-10-8-18(9-11-20,15(22)26-4)19-13-6-5-7-14(12-13)21(24)25/h5-7,12,19H,8-11H2,1-4H3. The number of nitro benzene ring substituents is 1. The second-order valence-electron chi connectivity index (χ2n) is 7.47. The minimum atomic E-state index is -1.07. The molecule has 9 nitrogen and oxygen atoms in total. The van der Waals surface area contributed by atoms with Gasteiger partial charge in [-0.3, -0.25) is 10.1 Å². The number of carbonyl (C=O) groups excluding carboxylic acids is 2. The second kappa shape index (κ2) is 7.81. The van der Waals surface area contributed by atoms with Gasteiger partial charge < -0.3 is 19.7 Å². The quantitative estimate of drug-likeness (QED) is 0.486. The third-order valence-corrected chi connectivity index (χ3v) is 4.29. The van der Waals surface area contributed by atoms with Crippen LogP contribution in [0.15, 0.2) is 24.3 Å². The molecule has 1 amide bonds. The predicted molar refractivity (Wildman–Crippen MR) is 98.5 cm³/mol. The molecule has 2 rings (SSSR count). The van der Waals surface area contributed by atoms with Gasteiger partial charge in [-0.05, 0) is 39.7 Å². The van der Waals surface area contributed by atoms with Crippen molar-refractivity contribution >= 4 is 23.4 Å². The number of piperidine rings is 1. The summed E-state index contributed by atoms with van der Waals surface area (Å²) in [6.07, 6.45) is 0.153. The van der Waals surface area contributed by atoms with Crippen LogP contribution in [0.5, 0.6) is 0 Å². The van der Waals surface area contributed by atoms with Crippen molar-refractivity contribution in [3.63, 3.8) is 0 Å². The van der Waals surface area contributed by atoms with Crippen LogP contribution in [0.25, 0.3) is 0 Å². The fraction of sp³-hybridized carbons (Fsp3) is 0.556. The van der Waals surface area contributed by atoms with Crippen molar-refractivity contribution in [1.29, 1.82) is 0 Å². The van der Waals surface area contributed by atoms with Gasteiger partial charge in [-0.2, -0.15) is 0 Å². The van der Waals surface area contributed by atoms with Crippen LogP contribution >= 0.6 is 0 Å². The van der Waals surface area contributed by atoms with E-state index in [0.717, 1.165) is 0 Å². The van der Waals surface area contributed by atoms with Crippen LogP contribution in [0, 0.1) is 10.1 Å². The average molecular weight is 379 g/mol. The lowest BCUT2D eigenvalue weighted by Crippen LogP contribution is -2.56. The van der Waals surface area contributed by atoms with Gasteiger partial charge in [-0.15, -0.1) is 0 Å². The largest absolute Gasteiger partial charge is 0.467 e. The number of rotatable bonds is 4. The molecular formula is C18H25N3O6. The summed E-state index contributed by atoms with van der Waals surface area (Å²) < 4.78 is 10.3. The third kappa shape index (κ3) is 5.08. The number of amides is 1. The first-order chi connectivity index (χ1) is 12.6. The third-order valence-electron chi connectivity index (χ3n) is 4.29. The summed E-state index contributed by atoms with van der Waals surface area (Å²) in [4.78, 5) is 36.7. The number of nitro groups is 1. The molecule has 1 aliphatic heterocycles. The van der Waals surface area contributed by atoms with Gasteiger partial charge in [0.15, 0.2) is 0 Å². The summed E-state index contributed by atoms with van der Waals surface area (Å²) in [6, 6.07) is 5.94. The van der Waals surface area contributed by atoms with Gasteiger partial charge in [-0.25, -0.2) is 9.59 Å². The number of hydrogen-bond acceptors (Lipinski definition) is 7. The molecule has 27 heavy (non-hydrogen) atoms. The van der Waals surface area contributed by atoms with Gasteiger partial charge in [0.2, 0.25) is 0 Å². The van der Waals surface area contributed by atoms with Crippen LogP contribution in [0.4, 0.5) is 16.2 Å². The van der Waals surface area contributed by atoms with Crippen molar-refractivity contribution in [2.45, 2.75) is 44.8 Å². The molecule has 0 bridgehead atoms. The Bertz CT molecular complexity index is 720. The smallest absolute Gasteiger partial charge is 0.410 e. The normalized spacial score (nSPS) is 16.4. The van der Waals surface area contributed by atoms with Crippen molar-refractivity contribution in [3.05, 3.63) is 34.4 Å². The highest BCUT2D eigenvalue weighted by molar-refractivity contribution is 5.85. The highest BCUT2D eigenvalue weighted by atomic mass is 16.6. The number of esters is 1. The molecule has 9 heteroatoms. The van der Waals surface area contributed by atoms with Crippen LogP contribution in [-0.4, -0.2) is 53.2 Å².